The Hall–Kier alpha value is -2.15. The Balaban J connectivity index is 1.86. The van der Waals surface area contributed by atoms with Gasteiger partial charge in [0.1, 0.15) is 5.69 Å². The number of amides is 1. The lowest BCUT2D eigenvalue weighted by molar-refractivity contribution is -0.384. The molecule has 7 heteroatoms. The van der Waals surface area contributed by atoms with Crippen LogP contribution in [0.2, 0.25) is 0 Å². The lowest BCUT2D eigenvalue weighted by atomic mass is 10.2. The normalized spacial score (nSPS) is 13.8. The van der Waals surface area contributed by atoms with E-state index in [1.54, 1.807) is 23.1 Å². The average molecular weight is 293 g/mol. The van der Waals surface area contributed by atoms with Crippen LogP contribution >= 0.6 is 0 Å². The molecule has 0 atom stereocenters. The summed E-state index contributed by atoms with van der Waals surface area (Å²) in [6, 6.07) is 6.61. The number of anilines is 1. The summed E-state index contributed by atoms with van der Waals surface area (Å²) in [6.45, 7) is 0.646. The highest BCUT2D eigenvalue weighted by Gasteiger charge is 2.31. The Morgan fingerprint density at radius 3 is 2.76 bits per heavy atom. The molecule has 2 rings (SSSR count). The molecule has 0 heterocycles. The third-order valence-electron chi connectivity index (χ3n) is 3.40. The van der Waals surface area contributed by atoms with Gasteiger partial charge < -0.3 is 15.3 Å². The molecular weight excluding hydrogens is 274 g/mol. The second kappa shape index (κ2) is 7.03. The van der Waals surface area contributed by atoms with E-state index in [4.69, 9.17) is 5.11 Å². The fourth-order valence-corrected chi connectivity index (χ4v) is 2.23. The first-order valence-corrected chi connectivity index (χ1v) is 7.01. The highest BCUT2D eigenvalue weighted by atomic mass is 16.6. The first kappa shape index (κ1) is 15.2. The summed E-state index contributed by atoms with van der Waals surface area (Å²) in [7, 11) is 0. The smallest absolute Gasteiger partial charge is 0.292 e. The second-order valence-electron chi connectivity index (χ2n) is 4.99. The number of rotatable bonds is 8. The number of para-hydroxylation sites is 2. The summed E-state index contributed by atoms with van der Waals surface area (Å²) >= 11 is 0. The van der Waals surface area contributed by atoms with E-state index in [-0.39, 0.29) is 30.7 Å². The van der Waals surface area contributed by atoms with Crippen LogP contribution in [-0.2, 0) is 4.79 Å². The molecule has 1 amide bonds. The Morgan fingerprint density at radius 2 is 2.14 bits per heavy atom. The predicted molar refractivity (Wildman–Crippen MR) is 78.0 cm³/mol. The van der Waals surface area contributed by atoms with Gasteiger partial charge in [0.25, 0.3) is 5.69 Å². The lowest BCUT2D eigenvalue weighted by Gasteiger charge is -2.21. The van der Waals surface area contributed by atoms with Gasteiger partial charge in [-0.15, -0.1) is 0 Å². The zero-order valence-corrected chi connectivity index (χ0v) is 11.7. The number of hydrogen-bond acceptors (Lipinski definition) is 5. The lowest BCUT2D eigenvalue weighted by Crippen LogP contribution is -2.36. The van der Waals surface area contributed by atoms with Gasteiger partial charge in [-0.05, 0) is 18.9 Å². The Bertz CT molecular complexity index is 517. The van der Waals surface area contributed by atoms with Crippen molar-refractivity contribution in [2.45, 2.75) is 25.3 Å². The molecule has 1 aliphatic carbocycles. The minimum absolute atomic E-state index is 0.000596. The zero-order valence-electron chi connectivity index (χ0n) is 11.7. The van der Waals surface area contributed by atoms with E-state index >= 15 is 0 Å². The van der Waals surface area contributed by atoms with Gasteiger partial charge in [-0.1, -0.05) is 12.1 Å². The number of nitrogens with one attached hydrogen (secondary N) is 1. The van der Waals surface area contributed by atoms with Gasteiger partial charge in [0, 0.05) is 31.6 Å². The van der Waals surface area contributed by atoms with Crippen molar-refractivity contribution in [3.8, 4) is 0 Å². The maximum absolute atomic E-state index is 12.1. The summed E-state index contributed by atoms with van der Waals surface area (Å²) in [5.41, 5.74) is 0.412. The fraction of sp³-hybridized carbons (Fsp3) is 0.500. The number of aliphatic hydroxyl groups excluding tert-OH is 1. The van der Waals surface area contributed by atoms with Gasteiger partial charge in [-0.2, -0.15) is 0 Å². The minimum Gasteiger partial charge on any atom is -0.395 e. The molecular formula is C14H19N3O4. The Labute approximate surface area is 122 Å². The first-order valence-electron chi connectivity index (χ1n) is 7.01. The number of benzene rings is 1. The predicted octanol–water partition coefficient (Wildman–Crippen LogP) is 1.38. The molecule has 0 radical (unpaired) electrons. The molecule has 21 heavy (non-hydrogen) atoms. The molecule has 7 nitrogen and oxygen atoms in total. The van der Waals surface area contributed by atoms with E-state index in [9.17, 15) is 14.9 Å². The first-order chi connectivity index (χ1) is 10.1. The molecule has 0 aliphatic heterocycles. The SMILES string of the molecule is O=C(CCNc1ccccc1[N+](=O)[O-])N(CCO)C1CC1. The van der Waals surface area contributed by atoms with Crippen LogP contribution < -0.4 is 5.32 Å². The Morgan fingerprint density at radius 1 is 1.43 bits per heavy atom. The Kier molecular flexibility index (Phi) is 5.10. The molecule has 0 spiro atoms. The van der Waals surface area contributed by atoms with Crippen molar-refractivity contribution in [3.05, 3.63) is 34.4 Å². The van der Waals surface area contributed by atoms with Gasteiger partial charge in [0.2, 0.25) is 5.91 Å². The molecule has 114 valence electrons. The van der Waals surface area contributed by atoms with Crippen molar-refractivity contribution in [1.82, 2.24) is 4.90 Å². The summed E-state index contributed by atoms with van der Waals surface area (Å²) in [4.78, 5) is 24.2. The highest BCUT2D eigenvalue weighted by molar-refractivity contribution is 5.77. The topological polar surface area (TPSA) is 95.7 Å². The molecule has 1 saturated carbocycles. The summed E-state index contributed by atoms with van der Waals surface area (Å²) in [5, 5.41) is 22.8. The largest absolute Gasteiger partial charge is 0.395 e. The van der Waals surface area contributed by atoms with Crippen LogP contribution in [0.25, 0.3) is 0 Å². The molecule has 1 aliphatic rings. The number of carbonyl (C=O) groups excluding carboxylic acids is 1. The zero-order chi connectivity index (χ0) is 15.2. The maximum atomic E-state index is 12.1. The summed E-state index contributed by atoms with van der Waals surface area (Å²) in [5.74, 6) is -0.0300. The molecule has 0 aromatic heterocycles. The van der Waals surface area contributed by atoms with E-state index in [1.807, 2.05) is 0 Å². The monoisotopic (exact) mass is 293 g/mol. The van der Waals surface area contributed by atoms with E-state index < -0.39 is 4.92 Å². The average Bonchev–Trinajstić information content (AvgIpc) is 3.29. The van der Waals surface area contributed by atoms with E-state index in [2.05, 4.69) is 5.32 Å². The van der Waals surface area contributed by atoms with Crippen LogP contribution in [0.3, 0.4) is 0 Å². The molecule has 0 saturated heterocycles. The van der Waals surface area contributed by atoms with Crippen LogP contribution in [0.1, 0.15) is 19.3 Å². The molecule has 1 fully saturated rings. The standard InChI is InChI=1S/C14H19N3O4/c18-10-9-16(11-5-6-11)14(19)7-8-15-12-3-1-2-4-13(12)17(20)21/h1-4,11,15,18H,5-10H2. The molecule has 1 aromatic carbocycles. The van der Waals surface area contributed by atoms with Gasteiger partial charge >= 0.3 is 0 Å². The third kappa shape index (κ3) is 4.16. The van der Waals surface area contributed by atoms with Crippen molar-refractivity contribution in [3.63, 3.8) is 0 Å². The van der Waals surface area contributed by atoms with Crippen molar-refractivity contribution in [2.75, 3.05) is 25.0 Å². The minimum atomic E-state index is -0.452. The number of nitrogens with zero attached hydrogens (tertiary/aromatic N) is 2. The number of nitro benzene ring substituents is 1. The summed E-state index contributed by atoms with van der Waals surface area (Å²) < 4.78 is 0. The molecule has 0 unspecified atom stereocenters. The third-order valence-corrected chi connectivity index (χ3v) is 3.40. The van der Waals surface area contributed by atoms with Gasteiger partial charge in [-0.3, -0.25) is 14.9 Å². The maximum Gasteiger partial charge on any atom is 0.292 e. The number of aliphatic hydroxyl groups is 1. The second-order valence-corrected chi connectivity index (χ2v) is 4.99. The molecule has 1 aromatic rings. The van der Waals surface area contributed by atoms with Crippen LogP contribution in [0.4, 0.5) is 11.4 Å². The van der Waals surface area contributed by atoms with E-state index in [0.717, 1.165) is 12.8 Å². The van der Waals surface area contributed by atoms with Crippen LogP contribution in [0.5, 0.6) is 0 Å². The fourth-order valence-electron chi connectivity index (χ4n) is 2.23. The quantitative estimate of drug-likeness (QED) is 0.557. The summed E-state index contributed by atoms with van der Waals surface area (Å²) in [6.07, 6.45) is 2.23. The molecule has 0 bridgehead atoms. The van der Waals surface area contributed by atoms with Gasteiger partial charge in [-0.25, -0.2) is 0 Å². The van der Waals surface area contributed by atoms with Crippen molar-refractivity contribution in [1.29, 1.82) is 0 Å². The van der Waals surface area contributed by atoms with Crippen LogP contribution in [0, 0.1) is 10.1 Å². The number of nitro groups is 1. The van der Waals surface area contributed by atoms with Gasteiger partial charge in [0.15, 0.2) is 0 Å². The van der Waals surface area contributed by atoms with E-state index in [0.29, 0.717) is 18.8 Å². The van der Waals surface area contributed by atoms with Crippen LogP contribution in [0.15, 0.2) is 24.3 Å². The van der Waals surface area contributed by atoms with Crippen LogP contribution in [-0.4, -0.2) is 46.6 Å². The molecule has 2 N–H and O–H groups in total. The number of carbonyl (C=O) groups is 1. The highest BCUT2D eigenvalue weighted by Crippen LogP contribution is 2.27. The number of hydrogen-bond donors (Lipinski definition) is 2. The van der Waals surface area contributed by atoms with Crippen molar-refractivity contribution >= 4 is 17.3 Å². The van der Waals surface area contributed by atoms with Crippen molar-refractivity contribution in [2.24, 2.45) is 0 Å². The van der Waals surface area contributed by atoms with Crippen molar-refractivity contribution < 1.29 is 14.8 Å². The van der Waals surface area contributed by atoms with Gasteiger partial charge in [0.05, 0.1) is 11.5 Å². The van der Waals surface area contributed by atoms with E-state index in [1.165, 1.54) is 6.07 Å².